The third kappa shape index (κ3) is 3.85. The van der Waals surface area contributed by atoms with Crippen LogP contribution in [-0.4, -0.2) is 41.9 Å². The van der Waals surface area contributed by atoms with E-state index in [2.05, 4.69) is 5.32 Å². The molecule has 2 aliphatic carbocycles. The first-order valence-electron chi connectivity index (χ1n) is 9.95. The second-order valence-electron chi connectivity index (χ2n) is 8.32. The SMILES string of the molecule is Cc1ccccc1C(=O)NC1CCN(C(=O)C2C3CCC(C3)C2N)CC1.Cl. The first-order chi connectivity index (χ1) is 12.5. The van der Waals surface area contributed by atoms with Crippen LogP contribution in [0.15, 0.2) is 24.3 Å². The summed E-state index contributed by atoms with van der Waals surface area (Å²) in [6.07, 6.45) is 5.14. The summed E-state index contributed by atoms with van der Waals surface area (Å²) in [4.78, 5) is 27.4. The Balaban J connectivity index is 0.00000210. The van der Waals surface area contributed by atoms with Crippen molar-refractivity contribution >= 4 is 24.2 Å². The Labute approximate surface area is 167 Å². The van der Waals surface area contributed by atoms with Crippen molar-refractivity contribution in [3.05, 3.63) is 35.4 Å². The predicted octanol–water partition coefficient (Wildman–Crippen LogP) is 2.51. The van der Waals surface area contributed by atoms with Crippen LogP contribution in [0.2, 0.25) is 0 Å². The number of hydrogen-bond donors (Lipinski definition) is 2. The molecule has 4 unspecified atom stereocenters. The van der Waals surface area contributed by atoms with E-state index in [0.717, 1.165) is 49.9 Å². The molecule has 2 bridgehead atoms. The van der Waals surface area contributed by atoms with Crippen LogP contribution in [0.25, 0.3) is 0 Å². The van der Waals surface area contributed by atoms with Crippen LogP contribution in [0.5, 0.6) is 0 Å². The van der Waals surface area contributed by atoms with Crippen LogP contribution in [0.1, 0.15) is 48.0 Å². The lowest BCUT2D eigenvalue weighted by Crippen LogP contribution is -2.52. The summed E-state index contributed by atoms with van der Waals surface area (Å²) in [5.74, 6) is 1.34. The summed E-state index contributed by atoms with van der Waals surface area (Å²) < 4.78 is 0. The molecule has 1 aromatic rings. The van der Waals surface area contributed by atoms with Crippen LogP contribution in [0.4, 0.5) is 0 Å². The number of carbonyl (C=O) groups is 2. The molecule has 148 valence electrons. The van der Waals surface area contributed by atoms with Crippen molar-refractivity contribution in [1.29, 1.82) is 0 Å². The fourth-order valence-corrected chi connectivity index (χ4v) is 5.25. The molecule has 3 fully saturated rings. The maximum absolute atomic E-state index is 13.0. The number of hydrogen-bond acceptors (Lipinski definition) is 3. The zero-order chi connectivity index (χ0) is 18.3. The van der Waals surface area contributed by atoms with Crippen LogP contribution in [0, 0.1) is 24.7 Å². The van der Waals surface area contributed by atoms with Gasteiger partial charge in [0.15, 0.2) is 0 Å². The standard InChI is InChI=1S/C21H29N3O2.ClH/c1-13-4-2-3-5-17(13)20(25)23-16-8-10-24(11-9-16)21(26)18-14-6-7-15(12-14)19(18)22;/h2-5,14-16,18-19H,6-12,22H2,1H3,(H,23,25);1H. The van der Waals surface area contributed by atoms with Crippen molar-refractivity contribution in [3.63, 3.8) is 0 Å². The molecule has 1 aliphatic heterocycles. The highest BCUT2D eigenvalue weighted by Gasteiger charge is 2.50. The number of fused-ring (bicyclic) bond motifs is 2. The molecule has 0 spiro atoms. The Hall–Kier alpha value is -1.59. The topological polar surface area (TPSA) is 75.4 Å². The largest absolute Gasteiger partial charge is 0.349 e. The highest BCUT2D eigenvalue weighted by Crippen LogP contribution is 2.48. The van der Waals surface area contributed by atoms with Gasteiger partial charge in [0.1, 0.15) is 0 Å². The minimum absolute atomic E-state index is 0. The molecule has 3 aliphatic rings. The third-order valence-corrected chi connectivity index (χ3v) is 6.80. The van der Waals surface area contributed by atoms with Gasteiger partial charge in [0.05, 0.1) is 5.92 Å². The van der Waals surface area contributed by atoms with Gasteiger partial charge in [-0.15, -0.1) is 12.4 Å². The molecule has 1 saturated heterocycles. The van der Waals surface area contributed by atoms with Crippen molar-refractivity contribution in [3.8, 4) is 0 Å². The lowest BCUT2D eigenvalue weighted by Gasteiger charge is -2.37. The van der Waals surface area contributed by atoms with Crippen molar-refractivity contribution in [2.24, 2.45) is 23.5 Å². The molecule has 0 aromatic heterocycles. The molecular formula is C21H30ClN3O2. The first-order valence-corrected chi connectivity index (χ1v) is 9.95. The Kier molecular flexibility index (Phi) is 6.11. The zero-order valence-electron chi connectivity index (χ0n) is 15.9. The normalized spacial score (nSPS) is 30.1. The number of aryl methyl sites for hydroxylation is 1. The molecule has 4 atom stereocenters. The number of nitrogens with one attached hydrogen (secondary N) is 1. The van der Waals surface area contributed by atoms with E-state index in [1.165, 1.54) is 6.42 Å². The number of nitrogens with zero attached hydrogens (tertiary/aromatic N) is 1. The van der Waals surface area contributed by atoms with Crippen LogP contribution < -0.4 is 11.1 Å². The number of nitrogens with two attached hydrogens (primary N) is 1. The number of likely N-dealkylation sites (tertiary alicyclic amines) is 1. The summed E-state index contributed by atoms with van der Waals surface area (Å²) in [6.45, 7) is 3.39. The van der Waals surface area contributed by atoms with Crippen LogP contribution in [-0.2, 0) is 4.79 Å². The summed E-state index contributed by atoms with van der Waals surface area (Å²) in [5, 5.41) is 3.14. The number of carbonyl (C=O) groups excluding carboxylic acids is 2. The summed E-state index contributed by atoms with van der Waals surface area (Å²) in [5.41, 5.74) is 8.06. The minimum atomic E-state index is -0.0111. The summed E-state index contributed by atoms with van der Waals surface area (Å²) in [7, 11) is 0. The van der Waals surface area contributed by atoms with Gasteiger partial charge in [-0.1, -0.05) is 18.2 Å². The fraction of sp³-hybridized carbons (Fsp3) is 0.619. The molecule has 6 heteroatoms. The average molecular weight is 392 g/mol. The average Bonchev–Trinajstić information content (AvgIpc) is 3.23. The van der Waals surface area contributed by atoms with Gasteiger partial charge in [0, 0.05) is 30.7 Å². The minimum Gasteiger partial charge on any atom is -0.349 e. The predicted molar refractivity (Wildman–Crippen MR) is 108 cm³/mol. The maximum atomic E-state index is 13.0. The Morgan fingerprint density at radius 3 is 2.37 bits per heavy atom. The van der Waals surface area contributed by atoms with Crippen LogP contribution >= 0.6 is 12.4 Å². The number of benzene rings is 1. The third-order valence-electron chi connectivity index (χ3n) is 6.80. The summed E-state index contributed by atoms with van der Waals surface area (Å²) in [6, 6.07) is 7.84. The maximum Gasteiger partial charge on any atom is 0.251 e. The number of halogens is 1. The lowest BCUT2D eigenvalue weighted by atomic mass is 9.83. The van der Waals surface area contributed by atoms with Gasteiger partial charge in [-0.2, -0.15) is 0 Å². The highest BCUT2D eigenvalue weighted by atomic mass is 35.5. The Morgan fingerprint density at radius 1 is 1.07 bits per heavy atom. The second kappa shape index (κ2) is 8.19. The molecule has 1 aromatic carbocycles. The molecule has 5 nitrogen and oxygen atoms in total. The first kappa shape index (κ1) is 20.2. The molecule has 1 heterocycles. The van der Waals surface area contributed by atoms with E-state index in [4.69, 9.17) is 5.73 Å². The van der Waals surface area contributed by atoms with Gasteiger partial charge in [0.2, 0.25) is 5.91 Å². The van der Waals surface area contributed by atoms with Gasteiger partial charge in [-0.05, 0) is 62.5 Å². The van der Waals surface area contributed by atoms with E-state index < -0.39 is 0 Å². The quantitative estimate of drug-likeness (QED) is 0.831. The molecule has 2 amide bonds. The smallest absolute Gasteiger partial charge is 0.251 e. The van der Waals surface area contributed by atoms with Crippen molar-refractivity contribution in [2.75, 3.05) is 13.1 Å². The van der Waals surface area contributed by atoms with E-state index in [1.54, 1.807) is 0 Å². The van der Waals surface area contributed by atoms with E-state index in [0.29, 0.717) is 11.8 Å². The van der Waals surface area contributed by atoms with Gasteiger partial charge in [-0.25, -0.2) is 0 Å². The van der Waals surface area contributed by atoms with E-state index in [-0.39, 0.29) is 42.2 Å². The van der Waals surface area contributed by atoms with E-state index in [1.807, 2.05) is 36.1 Å². The molecule has 2 saturated carbocycles. The number of piperidine rings is 1. The highest BCUT2D eigenvalue weighted by molar-refractivity contribution is 5.95. The Morgan fingerprint density at radius 2 is 1.74 bits per heavy atom. The van der Waals surface area contributed by atoms with Crippen molar-refractivity contribution in [2.45, 2.75) is 51.1 Å². The van der Waals surface area contributed by atoms with E-state index in [9.17, 15) is 9.59 Å². The Bertz CT molecular complexity index is 700. The zero-order valence-corrected chi connectivity index (χ0v) is 16.7. The van der Waals surface area contributed by atoms with Crippen molar-refractivity contribution in [1.82, 2.24) is 10.2 Å². The lowest BCUT2D eigenvalue weighted by molar-refractivity contribution is -0.138. The van der Waals surface area contributed by atoms with Gasteiger partial charge >= 0.3 is 0 Å². The van der Waals surface area contributed by atoms with Crippen molar-refractivity contribution < 1.29 is 9.59 Å². The molecular weight excluding hydrogens is 362 g/mol. The number of amides is 2. The fourth-order valence-electron chi connectivity index (χ4n) is 5.25. The monoisotopic (exact) mass is 391 g/mol. The van der Waals surface area contributed by atoms with Crippen LogP contribution in [0.3, 0.4) is 0 Å². The second-order valence-corrected chi connectivity index (χ2v) is 8.32. The van der Waals surface area contributed by atoms with Gasteiger partial charge in [0.25, 0.3) is 5.91 Å². The summed E-state index contributed by atoms with van der Waals surface area (Å²) >= 11 is 0. The van der Waals surface area contributed by atoms with Gasteiger partial charge in [-0.3, -0.25) is 9.59 Å². The van der Waals surface area contributed by atoms with Gasteiger partial charge < -0.3 is 16.0 Å². The molecule has 4 rings (SSSR count). The molecule has 3 N–H and O–H groups in total. The molecule has 0 radical (unpaired) electrons. The van der Waals surface area contributed by atoms with E-state index >= 15 is 0 Å². The molecule has 27 heavy (non-hydrogen) atoms. The number of rotatable bonds is 3.